The molecule has 6 nitrogen and oxygen atoms in total. The van der Waals surface area contributed by atoms with Gasteiger partial charge in [-0.3, -0.25) is 0 Å². The van der Waals surface area contributed by atoms with Gasteiger partial charge in [0, 0.05) is 49.7 Å². The van der Waals surface area contributed by atoms with Gasteiger partial charge in [0.2, 0.25) is 0 Å². The Labute approximate surface area is 183 Å². The van der Waals surface area contributed by atoms with Crippen molar-refractivity contribution >= 4 is 22.4 Å². The van der Waals surface area contributed by atoms with Crippen molar-refractivity contribution in [3.8, 4) is 0 Å². The first-order valence-corrected chi connectivity index (χ1v) is 10.3. The Balaban J connectivity index is 1.66. The molecule has 0 atom stereocenters. The van der Waals surface area contributed by atoms with Crippen LogP contribution in [0.4, 0.5) is 29.2 Å². The lowest BCUT2D eigenvalue weighted by Gasteiger charge is -2.33. The minimum atomic E-state index is -4.62. The van der Waals surface area contributed by atoms with Gasteiger partial charge in [0.25, 0.3) is 0 Å². The number of benzene rings is 1. The van der Waals surface area contributed by atoms with Gasteiger partial charge in [-0.05, 0) is 50.2 Å². The summed E-state index contributed by atoms with van der Waals surface area (Å²) in [7, 11) is 2.07. The van der Waals surface area contributed by atoms with E-state index in [1.54, 1.807) is 6.20 Å². The summed E-state index contributed by atoms with van der Waals surface area (Å²) in [5, 5.41) is 13.0. The van der Waals surface area contributed by atoms with Gasteiger partial charge in [0.15, 0.2) is 5.82 Å². The predicted octanol–water partition coefficient (Wildman–Crippen LogP) is 4.16. The van der Waals surface area contributed by atoms with Crippen LogP contribution >= 0.6 is 0 Å². The molecular formula is C22H24F4N6. The normalized spacial score (nSPS) is 15.4. The average molecular weight is 448 g/mol. The first-order valence-electron chi connectivity index (χ1n) is 10.3. The smallest absolute Gasteiger partial charge is 0.364 e. The number of nitrogens with one attached hydrogen (secondary N) is 1. The first kappa shape index (κ1) is 22.2. The predicted molar refractivity (Wildman–Crippen MR) is 115 cm³/mol. The van der Waals surface area contributed by atoms with Crippen molar-refractivity contribution in [3.63, 3.8) is 0 Å². The second-order valence-corrected chi connectivity index (χ2v) is 8.10. The molecule has 170 valence electrons. The lowest BCUT2D eigenvalue weighted by Crippen LogP contribution is -2.44. The van der Waals surface area contributed by atoms with E-state index in [1.807, 2.05) is 13.0 Å². The molecule has 3 heterocycles. The average Bonchev–Trinajstić information content (AvgIpc) is 2.75. The second-order valence-electron chi connectivity index (χ2n) is 8.10. The number of fused-ring (bicyclic) bond motifs is 1. The summed E-state index contributed by atoms with van der Waals surface area (Å²) in [5.74, 6) is 0.295. The second kappa shape index (κ2) is 8.50. The Kier molecular flexibility index (Phi) is 5.89. The van der Waals surface area contributed by atoms with Crippen molar-refractivity contribution in [2.24, 2.45) is 0 Å². The minimum absolute atomic E-state index is 0.0180. The molecule has 0 aliphatic carbocycles. The first-order chi connectivity index (χ1) is 15.1. The van der Waals surface area contributed by atoms with Gasteiger partial charge in [-0.1, -0.05) is 0 Å². The van der Waals surface area contributed by atoms with E-state index in [0.29, 0.717) is 17.6 Å². The van der Waals surface area contributed by atoms with E-state index in [0.717, 1.165) is 48.8 Å². The fourth-order valence-corrected chi connectivity index (χ4v) is 3.89. The number of piperazine rings is 1. The van der Waals surface area contributed by atoms with Crippen molar-refractivity contribution < 1.29 is 17.6 Å². The number of halogens is 4. The number of pyridine rings is 1. The summed E-state index contributed by atoms with van der Waals surface area (Å²) in [4.78, 5) is 9.01. The summed E-state index contributed by atoms with van der Waals surface area (Å²) >= 11 is 0. The van der Waals surface area contributed by atoms with Gasteiger partial charge in [0.05, 0.1) is 11.3 Å². The highest BCUT2D eigenvalue weighted by Crippen LogP contribution is 2.34. The monoisotopic (exact) mass is 448 g/mol. The Hall–Kier alpha value is -3.01. The Morgan fingerprint density at radius 3 is 2.41 bits per heavy atom. The van der Waals surface area contributed by atoms with Crippen LogP contribution in [0.2, 0.25) is 0 Å². The summed E-state index contributed by atoms with van der Waals surface area (Å²) in [6.07, 6.45) is -2.88. The number of anilines is 2. The van der Waals surface area contributed by atoms with E-state index in [9.17, 15) is 17.6 Å². The third kappa shape index (κ3) is 4.45. The van der Waals surface area contributed by atoms with Gasteiger partial charge in [-0.25, -0.2) is 9.37 Å². The number of rotatable bonds is 4. The van der Waals surface area contributed by atoms with Gasteiger partial charge in [0.1, 0.15) is 11.6 Å². The highest BCUT2D eigenvalue weighted by atomic mass is 19.4. The summed E-state index contributed by atoms with van der Waals surface area (Å²) < 4.78 is 53.6. The molecule has 1 N–H and O–H groups in total. The van der Waals surface area contributed by atoms with Crippen LogP contribution in [0.5, 0.6) is 0 Å². The minimum Gasteiger partial charge on any atom is -0.364 e. The zero-order valence-corrected chi connectivity index (χ0v) is 18.1. The number of nitrogens with zero attached hydrogens (tertiary/aromatic N) is 5. The molecule has 0 radical (unpaired) electrons. The Morgan fingerprint density at radius 2 is 1.72 bits per heavy atom. The van der Waals surface area contributed by atoms with Crippen LogP contribution < -0.4 is 10.2 Å². The molecule has 1 aliphatic rings. The van der Waals surface area contributed by atoms with E-state index >= 15 is 0 Å². The van der Waals surface area contributed by atoms with Crippen molar-refractivity contribution in [2.45, 2.75) is 26.6 Å². The zero-order chi connectivity index (χ0) is 23.0. The van der Waals surface area contributed by atoms with E-state index in [2.05, 4.69) is 37.3 Å². The SMILES string of the molecule is Cc1c(CNc2nnc(C)c3cnc(N4CCN(C)CC4)cc23)cc(F)cc1C(F)(F)F. The zero-order valence-electron chi connectivity index (χ0n) is 18.1. The van der Waals surface area contributed by atoms with E-state index in [4.69, 9.17) is 0 Å². The molecule has 0 amide bonds. The van der Waals surface area contributed by atoms with Crippen molar-refractivity contribution in [1.29, 1.82) is 0 Å². The fraction of sp³-hybridized carbons (Fsp3) is 0.409. The quantitative estimate of drug-likeness (QED) is 0.605. The number of aryl methyl sites for hydroxylation is 1. The molecule has 1 aliphatic heterocycles. The summed E-state index contributed by atoms with van der Waals surface area (Å²) in [6.45, 7) is 6.69. The molecule has 1 saturated heterocycles. The number of likely N-dealkylation sites (N-methyl/N-ethyl adjacent to an activating group) is 1. The molecule has 2 aromatic heterocycles. The number of hydrogen-bond acceptors (Lipinski definition) is 6. The van der Waals surface area contributed by atoms with Crippen LogP contribution in [-0.4, -0.2) is 53.3 Å². The molecule has 0 unspecified atom stereocenters. The van der Waals surface area contributed by atoms with Crippen molar-refractivity contribution in [1.82, 2.24) is 20.1 Å². The molecule has 0 saturated carbocycles. The molecule has 0 bridgehead atoms. The third-order valence-electron chi connectivity index (χ3n) is 5.89. The summed E-state index contributed by atoms with van der Waals surface area (Å²) in [6, 6.07) is 3.55. The third-order valence-corrected chi connectivity index (χ3v) is 5.89. The van der Waals surface area contributed by atoms with Gasteiger partial charge >= 0.3 is 6.18 Å². The van der Waals surface area contributed by atoms with Crippen molar-refractivity contribution in [3.05, 3.63) is 52.6 Å². The molecule has 3 aromatic rings. The van der Waals surface area contributed by atoms with Crippen LogP contribution in [0.25, 0.3) is 10.8 Å². The molecule has 4 rings (SSSR count). The van der Waals surface area contributed by atoms with Gasteiger partial charge in [-0.15, -0.1) is 5.10 Å². The topological polar surface area (TPSA) is 57.2 Å². The lowest BCUT2D eigenvalue weighted by molar-refractivity contribution is -0.138. The molecular weight excluding hydrogens is 424 g/mol. The standard InChI is InChI=1S/C22H24F4N6/c1-13-15(8-16(23)9-19(13)22(24,25)26)11-28-21-17-10-20(32-6-4-31(3)5-7-32)27-12-18(17)14(2)29-30-21/h8-10,12H,4-7,11H2,1-3H3,(H,28,30). The Bertz CT molecular complexity index is 1140. The molecule has 0 spiro atoms. The van der Waals surface area contributed by atoms with Crippen LogP contribution in [0.1, 0.15) is 22.4 Å². The highest BCUT2D eigenvalue weighted by molar-refractivity contribution is 5.94. The number of aromatic nitrogens is 3. The number of alkyl halides is 3. The van der Waals surface area contributed by atoms with E-state index < -0.39 is 17.6 Å². The van der Waals surface area contributed by atoms with Gasteiger partial charge < -0.3 is 15.1 Å². The van der Waals surface area contributed by atoms with Crippen LogP contribution in [0.3, 0.4) is 0 Å². The molecule has 1 aromatic carbocycles. The van der Waals surface area contributed by atoms with Crippen molar-refractivity contribution in [2.75, 3.05) is 43.4 Å². The molecule has 1 fully saturated rings. The fourth-order valence-electron chi connectivity index (χ4n) is 3.89. The molecule has 32 heavy (non-hydrogen) atoms. The largest absolute Gasteiger partial charge is 0.416 e. The van der Waals surface area contributed by atoms with Gasteiger partial charge in [-0.2, -0.15) is 18.3 Å². The van der Waals surface area contributed by atoms with E-state index in [-0.39, 0.29) is 17.7 Å². The van der Waals surface area contributed by atoms with Crippen LogP contribution in [-0.2, 0) is 12.7 Å². The number of hydrogen-bond donors (Lipinski definition) is 1. The summed E-state index contributed by atoms with van der Waals surface area (Å²) in [5.41, 5.74) is -0.0864. The lowest BCUT2D eigenvalue weighted by atomic mass is 10.0. The highest BCUT2D eigenvalue weighted by Gasteiger charge is 2.33. The van der Waals surface area contributed by atoms with Crippen LogP contribution in [0.15, 0.2) is 24.4 Å². The van der Waals surface area contributed by atoms with Crippen LogP contribution in [0, 0.1) is 19.7 Å². The molecule has 10 heteroatoms. The maximum atomic E-state index is 13.9. The van der Waals surface area contributed by atoms with E-state index in [1.165, 1.54) is 6.92 Å². The Morgan fingerprint density at radius 1 is 1.00 bits per heavy atom. The maximum Gasteiger partial charge on any atom is 0.416 e. The maximum absolute atomic E-state index is 13.9.